The van der Waals surface area contributed by atoms with Crippen LogP contribution >= 0.6 is 12.2 Å². The number of fused-ring (bicyclic) bond motifs is 1. The third-order valence-electron chi connectivity index (χ3n) is 7.86. The molecule has 0 aliphatic rings. The molecule has 4 nitrogen and oxygen atoms in total. The van der Waals surface area contributed by atoms with E-state index in [9.17, 15) is 5.11 Å². The van der Waals surface area contributed by atoms with Gasteiger partial charge in [-0.3, -0.25) is 4.90 Å². The fourth-order valence-corrected chi connectivity index (χ4v) is 6.09. The maximum absolute atomic E-state index is 12.2. The first-order valence-corrected chi connectivity index (χ1v) is 15.0. The molecule has 2 N–H and O–H groups in total. The zero-order valence-electron chi connectivity index (χ0n) is 23.9. The van der Waals surface area contributed by atoms with Crippen molar-refractivity contribution in [2.24, 2.45) is 5.92 Å². The number of aliphatic hydroxyl groups is 1. The van der Waals surface area contributed by atoms with Crippen molar-refractivity contribution >= 4 is 23.3 Å². The Labute approximate surface area is 248 Å². The SMILES string of the molecule is CC(C)CC(C[C@@H](O)[C@H](Cc1ccccc1)N(Cc1ccccc1)Cc1ccccc1)c1ccc2[nH]c(=S)oc2c1. The number of benzene rings is 4. The molecule has 0 aliphatic heterocycles. The van der Waals surface area contributed by atoms with Gasteiger partial charge in [-0.2, -0.15) is 0 Å². The summed E-state index contributed by atoms with van der Waals surface area (Å²) in [6, 6.07) is 38.0. The number of hydrogen-bond donors (Lipinski definition) is 2. The van der Waals surface area contributed by atoms with Crippen LogP contribution in [0, 0.1) is 10.8 Å². The first-order chi connectivity index (χ1) is 19.9. The number of nitrogens with one attached hydrogen (secondary N) is 1. The van der Waals surface area contributed by atoms with E-state index in [1.165, 1.54) is 22.3 Å². The standard InChI is InChI=1S/C36H40N2O2S/c1-26(2)20-31(30-18-19-32-35(23-30)40-36(41)37-32)22-34(39)33(21-27-12-6-3-7-13-27)38(24-28-14-8-4-9-15-28)25-29-16-10-5-11-17-29/h3-19,23,26,31,33-34,39H,20-22,24-25H2,1-2H3,(H,37,41)/t31?,33-,34+/m0/s1. The average molecular weight is 565 g/mol. The molecule has 5 rings (SSSR count). The van der Waals surface area contributed by atoms with E-state index in [2.05, 4.69) is 127 Å². The van der Waals surface area contributed by atoms with E-state index in [0.717, 1.165) is 37.0 Å². The van der Waals surface area contributed by atoms with Crippen molar-refractivity contribution in [3.05, 3.63) is 136 Å². The molecule has 0 amide bonds. The van der Waals surface area contributed by atoms with Crippen LogP contribution in [0.1, 0.15) is 54.9 Å². The summed E-state index contributed by atoms with van der Waals surface area (Å²) in [6.07, 6.45) is 1.86. The van der Waals surface area contributed by atoms with Crippen LogP contribution in [-0.2, 0) is 19.5 Å². The smallest absolute Gasteiger partial charge is 0.266 e. The molecule has 0 bridgehead atoms. The lowest BCUT2D eigenvalue weighted by atomic mass is 9.83. The van der Waals surface area contributed by atoms with Gasteiger partial charge in [-0.25, -0.2) is 0 Å². The summed E-state index contributed by atoms with van der Waals surface area (Å²) in [5.74, 6) is 0.666. The van der Waals surface area contributed by atoms with E-state index in [4.69, 9.17) is 16.6 Å². The number of H-pyrrole nitrogens is 1. The molecule has 5 aromatic rings. The molecule has 0 fully saturated rings. The maximum atomic E-state index is 12.2. The van der Waals surface area contributed by atoms with Crippen molar-refractivity contribution in [2.75, 3.05) is 0 Å². The molecule has 0 spiro atoms. The molecule has 1 aromatic heterocycles. The fraction of sp³-hybridized carbons (Fsp3) is 0.306. The molecule has 0 saturated carbocycles. The van der Waals surface area contributed by atoms with Crippen LogP contribution in [0.5, 0.6) is 0 Å². The summed E-state index contributed by atoms with van der Waals surface area (Å²) in [5, 5.41) is 12.2. The molecule has 4 aromatic carbocycles. The Bertz CT molecular complexity index is 1510. The summed E-state index contributed by atoms with van der Waals surface area (Å²) in [7, 11) is 0. The summed E-state index contributed by atoms with van der Waals surface area (Å²) < 4.78 is 5.75. The molecule has 0 aliphatic carbocycles. The second-order valence-electron chi connectivity index (χ2n) is 11.5. The molecule has 0 radical (unpaired) electrons. The zero-order chi connectivity index (χ0) is 28.6. The third kappa shape index (κ3) is 8.04. The fourth-order valence-electron chi connectivity index (χ4n) is 5.89. The lowest BCUT2D eigenvalue weighted by Crippen LogP contribution is -2.45. The van der Waals surface area contributed by atoms with Crippen LogP contribution in [0.15, 0.2) is 114 Å². The maximum Gasteiger partial charge on any atom is 0.266 e. The molecule has 3 atom stereocenters. The van der Waals surface area contributed by atoms with Gasteiger partial charge in [0, 0.05) is 19.1 Å². The van der Waals surface area contributed by atoms with E-state index in [-0.39, 0.29) is 12.0 Å². The van der Waals surface area contributed by atoms with Gasteiger partial charge in [0.25, 0.3) is 4.84 Å². The minimum Gasteiger partial charge on any atom is -0.429 e. The van der Waals surface area contributed by atoms with Crippen molar-refractivity contribution in [3.63, 3.8) is 0 Å². The third-order valence-corrected chi connectivity index (χ3v) is 8.04. The van der Waals surface area contributed by atoms with Crippen molar-refractivity contribution in [3.8, 4) is 0 Å². The van der Waals surface area contributed by atoms with Crippen molar-refractivity contribution in [1.29, 1.82) is 0 Å². The molecule has 0 saturated heterocycles. The van der Waals surface area contributed by atoms with Gasteiger partial charge in [0.15, 0.2) is 5.58 Å². The highest BCUT2D eigenvalue weighted by atomic mass is 32.1. The van der Waals surface area contributed by atoms with Gasteiger partial charge in [-0.05, 0) is 77.7 Å². The minimum atomic E-state index is -0.542. The second-order valence-corrected chi connectivity index (χ2v) is 11.9. The van der Waals surface area contributed by atoms with Gasteiger partial charge >= 0.3 is 0 Å². The number of aromatic nitrogens is 1. The molecule has 1 unspecified atom stereocenters. The number of rotatable bonds is 13. The monoisotopic (exact) mass is 564 g/mol. The number of aliphatic hydroxyl groups excluding tert-OH is 1. The van der Waals surface area contributed by atoms with Crippen LogP contribution in [0.2, 0.25) is 0 Å². The van der Waals surface area contributed by atoms with Gasteiger partial charge in [0.05, 0.1) is 11.6 Å². The Balaban J connectivity index is 1.49. The van der Waals surface area contributed by atoms with E-state index in [0.29, 0.717) is 17.2 Å². The number of hydrogen-bond acceptors (Lipinski definition) is 4. The minimum absolute atomic E-state index is 0.0765. The number of oxazole rings is 1. The van der Waals surface area contributed by atoms with Gasteiger partial charge in [0.2, 0.25) is 0 Å². The van der Waals surface area contributed by atoms with Crippen LogP contribution in [0.3, 0.4) is 0 Å². The van der Waals surface area contributed by atoms with Crippen LogP contribution in [0.4, 0.5) is 0 Å². The zero-order valence-corrected chi connectivity index (χ0v) is 24.8. The van der Waals surface area contributed by atoms with Gasteiger partial charge in [0.1, 0.15) is 0 Å². The molecule has 5 heteroatoms. The van der Waals surface area contributed by atoms with Gasteiger partial charge in [-0.1, -0.05) is 111 Å². The summed E-state index contributed by atoms with van der Waals surface area (Å²) >= 11 is 5.23. The highest BCUT2D eigenvalue weighted by molar-refractivity contribution is 7.71. The normalized spacial score (nSPS) is 14.0. The lowest BCUT2D eigenvalue weighted by molar-refractivity contribution is 0.0285. The van der Waals surface area contributed by atoms with Gasteiger partial charge < -0.3 is 14.5 Å². The Morgan fingerprint density at radius 3 is 1.88 bits per heavy atom. The molecular formula is C36H40N2O2S. The van der Waals surface area contributed by atoms with Crippen LogP contribution < -0.4 is 0 Å². The Morgan fingerprint density at radius 2 is 1.32 bits per heavy atom. The van der Waals surface area contributed by atoms with Crippen LogP contribution in [-0.4, -0.2) is 27.1 Å². The Hall–Kier alpha value is -3.51. The average Bonchev–Trinajstić information content (AvgIpc) is 3.36. The molecule has 1 heterocycles. The van der Waals surface area contributed by atoms with Crippen molar-refractivity contribution in [1.82, 2.24) is 9.88 Å². The predicted octanol–water partition coefficient (Wildman–Crippen LogP) is 8.68. The summed E-state index contributed by atoms with van der Waals surface area (Å²) in [4.78, 5) is 5.95. The summed E-state index contributed by atoms with van der Waals surface area (Å²) in [5.41, 5.74) is 6.57. The highest BCUT2D eigenvalue weighted by Crippen LogP contribution is 2.33. The van der Waals surface area contributed by atoms with Crippen LogP contribution in [0.25, 0.3) is 11.1 Å². The quantitative estimate of drug-likeness (QED) is 0.141. The summed E-state index contributed by atoms with van der Waals surface area (Å²) in [6.45, 7) is 6.01. The second kappa shape index (κ2) is 13.9. The number of aromatic amines is 1. The van der Waals surface area contributed by atoms with E-state index >= 15 is 0 Å². The van der Waals surface area contributed by atoms with E-state index in [1.54, 1.807) is 0 Å². The Kier molecular flexibility index (Phi) is 9.84. The van der Waals surface area contributed by atoms with Gasteiger partial charge in [-0.15, -0.1) is 0 Å². The largest absolute Gasteiger partial charge is 0.429 e. The molecule has 212 valence electrons. The molecule has 41 heavy (non-hydrogen) atoms. The van der Waals surface area contributed by atoms with Crippen molar-refractivity contribution < 1.29 is 9.52 Å². The first kappa shape index (κ1) is 29.0. The lowest BCUT2D eigenvalue weighted by Gasteiger charge is -2.37. The highest BCUT2D eigenvalue weighted by Gasteiger charge is 2.30. The molecular weight excluding hydrogens is 524 g/mol. The predicted molar refractivity (Wildman–Crippen MR) is 170 cm³/mol. The number of nitrogens with zero attached hydrogens (tertiary/aromatic N) is 1. The topological polar surface area (TPSA) is 52.4 Å². The Morgan fingerprint density at radius 1 is 0.756 bits per heavy atom. The van der Waals surface area contributed by atoms with E-state index in [1.807, 2.05) is 6.07 Å². The van der Waals surface area contributed by atoms with Crippen molar-refractivity contribution in [2.45, 2.75) is 64.3 Å². The first-order valence-electron chi connectivity index (χ1n) is 14.6. The van der Waals surface area contributed by atoms with E-state index < -0.39 is 6.10 Å².